The molecule has 3 aromatic rings. The third-order valence-corrected chi connectivity index (χ3v) is 7.75. The van der Waals surface area contributed by atoms with E-state index in [2.05, 4.69) is 52.3 Å². The van der Waals surface area contributed by atoms with Gasteiger partial charge in [0.25, 0.3) is 5.91 Å². The van der Waals surface area contributed by atoms with E-state index in [4.69, 9.17) is 4.74 Å². The first-order valence-corrected chi connectivity index (χ1v) is 13.2. The van der Waals surface area contributed by atoms with Gasteiger partial charge in [-0.2, -0.15) is 0 Å². The van der Waals surface area contributed by atoms with Crippen LogP contribution in [0.3, 0.4) is 0 Å². The van der Waals surface area contributed by atoms with Gasteiger partial charge in [-0.1, -0.05) is 18.2 Å². The molecule has 1 aliphatic heterocycles. The van der Waals surface area contributed by atoms with E-state index in [1.807, 2.05) is 32.7 Å². The van der Waals surface area contributed by atoms with Gasteiger partial charge in [0.2, 0.25) is 0 Å². The molecule has 0 spiro atoms. The van der Waals surface area contributed by atoms with Gasteiger partial charge in [0, 0.05) is 30.2 Å². The highest BCUT2D eigenvalue weighted by Crippen LogP contribution is 2.43. The molecule has 2 fully saturated rings. The number of ether oxygens (including phenoxy) is 1. The number of hydrogen-bond acceptors (Lipinski definition) is 3. The van der Waals surface area contributed by atoms with Crippen molar-refractivity contribution in [1.29, 1.82) is 0 Å². The summed E-state index contributed by atoms with van der Waals surface area (Å²) in [7, 11) is 1.89. The third-order valence-electron chi connectivity index (χ3n) is 7.75. The van der Waals surface area contributed by atoms with Crippen LogP contribution in [-0.4, -0.2) is 46.2 Å². The highest BCUT2D eigenvalue weighted by molar-refractivity contribution is 6.04. The summed E-state index contributed by atoms with van der Waals surface area (Å²) in [5.41, 5.74) is 5.91. The van der Waals surface area contributed by atoms with Gasteiger partial charge in [0.1, 0.15) is 11.3 Å². The van der Waals surface area contributed by atoms with Gasteiger partial charge < -0.3 is 19.5 Å². The van der Waals surface area contributed by atoms with Crippen molar-refractivity contribution >= 4 is 22.9 Å². The lowest BCUT2D eigenvalue weighted by molar-refractivity contribution is 0.0496. The molecule has 0 saturated heterocycles. The second-order valence-electron chi connectivity index (χ2n) is 11.9. The molecule has 1 aromatic heterocycles. The Morgan fingerprint density at radius 3 is 2.47 bits per heavy atom. The number of carbonyl (C=O) groups excluding carboxylic acids is 2. The maximum Gasteiger partial charge on any atom is 0.408 e. The number of benzene rings is 2. The number of carbonyl (C=O) groups is 2. The van der Waals surface area contributed by atoms with Gasteiger partial charge in [-0.15, -0.1) is 0 Å². The van der Waals surface area contributed by atoms with E-state index in [0.717, 1.165) is 54.7 Å². The van der Waals surface area contributed by atoms with Crippen LogP contribution < -0.4 is 5.32 Å². The second kappa shape index (κ2) is 8.12. The largest absolute Gasteiger partial charge is 0.444 e. The first-order valence-electron chi connectivity index (χ1n) is 13.2. The Hall–Kier alpha value is -3.28. The summed E-state index contributed by atoms with van der Waals surface area (Å²) in [6.45, 7) is 6.39. The topological polar surface area (TPSA) is 63.6 Å². The van der Waals surface area contributed by atoms with Crippen LogP contribution in [-0.2, 0) is 17.6 Å². The zero-order valence-electron chi connectivity index (χ0n) is 21.7. The average molecular weight is 486 g/mol. The summed E-state index contributed by atoms with van der Waals surface area (Å²) in [6, 6.07) is 15.2. The van der Waals surface area contributed by atoms with Crippen molar-refractivity contribution in [2.75, 3.05) is 13.6 Å². The van der Waals surface area contributed by atoms with Crippen LogP contribution in [0.1, 0.15) is 79.6 Å². The Morgan fingerprint density at radius 1 is 1.11 bits per heavy atom. The Labute approximate surface area is 212 Å². The van der Waals surface area contributed by atoms with Gasteiger partial charge >= 0.3 is 6.09 Å². The van der Waals surface area contributed by atoms with E-state index in [1.54, 1.807) is 0 Å². The Kier molecular flexibility index (Phi) is 5.22. The van der Waals surface area contributed by atoms with E-state index >= 15 is 0 Å². The van der Waals surface area contributed by atoms with Crippen molar-refractivity contribution in [1.82, 2.24) is 14.8 Å². The lowest BCUT2D eigenvalue weighted by Crippen LogP contribution is -2.41. The van der Waals surface area contributed by atoms with Gasteiger partial charge in [-0.25, -0.2) is 4.79 Å². The first-order chi connectivity index (χ1) is 17.1. The lowest BCUT2D eigenvalue weighted by atomic mass is 10.0. The number of nitrogens with zero attached hydrogens (tertiary/aromatic N) is 2. The summed E-state index contributed by atoms with van der Waals surface area (Å²) >= 11 is 0. The standard InChI is InChI=1S/C30H35N3O3/c1-29(2,3)36-28(35)31-30(14-15-30)18-19-5-10-22(11-6-19)33-25-12-9-21(20-7-8-20)17-24(25)23-13-16-32(4)27(34)26(23)33/h5-6,9-12,17,20H,7-8,13-16,18H2,1-4H3,(H,31,35). The molecule has 0 radical (unpaired) electrons. The van der Waals surface area contributed by atoms with Crippen LogP contribution in [0, 0.1) is 0 Å². The van der Waals surface area contributed by atoms with Gasteiger partial charge in [0.05, 0.1) is 5.52 Å². The number of rotatable bonds is 5. The molecule has 1 N–H and O–H groups in total. The number of nitrogens with one attached hydrogen (secondary N) is 1. The van der Waals surface area contributed by atoms with Crippen molar-refractivity contribution in [3.8, 4) is 5.69 Å². The molecule has 3 aliphatic rings. The molecule has 2 heterocycles. The van der Waals surface area contributed by atoms with Gasteiger partial charge in [0.15, 0.2) is 0 Å². The lowest BCUT2D eigenvalue weighted by Gasteiger charge is -2.24. The fourth-order valence-electron chi connectivity index (χ4n) is 5.52. The van der Waals surface area contributed by atoms with Crippen LogP contribution in [0.25, 0.3) is 16.6 Å². The predicted octanol–water partition coefficient (Wildman–Crippen LogP) is 5.74. The fourth-order valence-corrected chi connectivity index (χ4v) is 5.52. The molecular formula is C30H35N3O3. The van der Waals surface area contributed by atoms with Crippen molar-refractivity contribution in [2.45, 2.75) is 76.4 Å². The maximum atomic E-state index is 13.3. The summed E-state index contributed by atoms with van der Waals surface area (Å²) < 4.78 is 7.62. The number of aromatic nitrogens is 1. The van der Waals surface area contributed by atoms with Crippen LogP contribution in [0.2, 0.25) is 0 Å². The summed E-state index contributed by atoms with van der Waals surface area (Å²) in [4.78, 5) is 27.5. The highest BCUT2D eigenvalue weighted by atomic mass is 16.6. The van der Waals surface area contributed by atoms with Crippen LogP contribution >= 0.6 is 0 Å². The van der Waals surface area contributed by atoms with E-state index in [1.165, 1.54) is 29.4 Å². The molecule has 6 rings (SSSR count). The van der Waals surface area contributed by atoms with E-state index in [9.17, 15) is 9.59 Å². The highest BCUT2D eigenvalue weighted by Gasteiger charge is 2.45. The predicted molar refractivity (Wildman–Crippen MR) is 141 cm³/mol. The van der Waals surface area contributed by atoms with Crippen LogP contribution in [0.5, 0.6) is 0 Å². The summed E-state index contributed by atoms with van der Waals surface area (Å²) in [5, 5.41) is 4.31. The smallest absolute Gasteiger partial charge is 0.408 e. The molecule has 0 atom stereocenters. The molecule has 2 aliphatic carbocycles. The van der Waals surface area contributed by atoms with Crippen molar-refractivity contribution < 1.29 is 14.3 Å². The maximum absolute atomic E-state index is 13.3. The van der Waals surface area contributed by atoms with E-state index in [0.29, 0.717) is 5.92 Å². The van der Waals surface area contributed by atoms with Crippen LogP contribution in [0.15, 0.2) is 42.5 Å². The quantitative estimate of drug-likeness (QED) is 0.502. The minimum atomic E-state index is -0.509. The Balaban J connectivity index is 1.31. The minimum Gasteiger partial charge on any atom is -0.444 e. The molecule has 2 saturated carbocycles. The molecule has 0 unspecified atom stereocenters. The zero-order valence-corrected chi connectivity index (χ0v) is 21.7. The average Bonchev–Trinajstić information content (AvgIpc) is 3.74. The number of alkyl carbamates (subject to hydrolysis) is 1. The molecule has 0 bridgehead atoms. The number of hydrogen-bond donors (Lipinski definition) is 1. The zero-order chi connectivity index (χ0) is 25.2. The third kappa shape index (κ3) is 4.27. The van der Waals surface area contributed by atoms with Gasteiger partial charge in [-0.3, -0.25) is 4.79 Å². The number of amides is 2. The normalized spacial score (nSPS) is 18.8. The van der Waals surface area contributed by atoms with Crippen molar-refractivity contribution in [2.24, 2.45) is 0 Å². The van der Waals surface area contributed by atoms with Crippen molar-refractivity contribution in [3.63, 3.8) is 0 Å². The van der Waals surface area contributed by atoms with E-state index < -0.39 is 5.60 Å². The molecule has 188 valence electrons. The second-order valence-corrected chi connectivity index (χ2v) is 11.9. The Morgan fingerprint density at radius 2 is 1.83 bits per heavy atom. The van der Waals surface area contributed by atoms with E-state index in [-0.39, 0.29) is 17.5 Å². The number of likely N-dealkylation sites (N-methyl/N-ethyl adjacent to an activating group) is 1. The molecule has 2 aromatic carbocycles. The van der Waals surface area contributed by atoms with Crippen molar-refractivity contribution in [3.05, 3.63) is 64.8 Å². The van der Waals surface area contributed by atoms with Crippen LogP contribution in [0.4, 0.5) is 4.79 Å². The summed E-state index contributed by atoms with van der Waals surface area (Å²) in [6.07, 6.45) is 5.73. The minimum absolute atomic E-state index is 0.0861. The SMILES string of the molecule is CN1CCc2c(n(-c3ccc(CC4(NC(=O)OC(C)(C)C)CC4)cc3)c3ccc(C4CC4)cc23)C1=O. The fraction of sp³-hybridized carbons (Fsp3) is 0.467. The monoisotopic (exact) mass is 485 g/mol. The Bertz CT molecular complexity index is 1350. The first kappa shape index (κ1) is 23.1. The summed E-state index contributed by atoms with van der Waals surface area (Å²) in [5.74, 6) is 0.765. The molecule has 36 heavy (non-hydrogen) atoms. The molecule has 6 heteroatoms. The molecular weight excluding hydrogens is 450 g/mol. The number of fused-ring (bicyclic) bond motifs is 3. The molecule has 2 amide bonds. The molecule has 6 nitrogen and oxygen atoms in total. The van der Waals surface area contributed by atoms with Gasteiger partial charge in [-0.05, 0) is 106 Å².